The molecule has 1 aromatic heterocycles. The number of aryl methyl sites for hydroxylation is 1. The molecule has 0 saturated carbocycles. The molecule has 0 bridgehead atoms. The summed E-state index contributed by atoms with van der Waals surface area (Å²) in [4.78, 5) is 16.8. The van der Waals surface area contributed by atoms with Crippen LogP contribution < -0.4 is 0 Å². The van der Waals surface area contributed by atoms with Crippen LogP contribution in [-0.2, 0) is 17.9 Å². The average Bonchev–Trinajstić information content (AvgIpc) is 2.63. The Bertz CT molecular complexity index is 653. The van der Waals surface area contributed by atoms with Gasteiger partial charge in [-0.15, -0.1) is 0 Å². The number of hydrogen-bond acceptors (Lipinski definition) is 3. The maximum Gasteiger partial charge on any atom is 0.305 e. The number of carbonyl (C=O) groups is 1. The fourth-order valence-corrected chi connectivity index (χ4v) is 2.03. The van der Waals surface area contributed by atoms with Gasteiger partial charge in [-0.3, -0.25) is 4.79 Å². The molecule has 0 saturated heterocycles. The third-order valence-corrected chi connectivity index (χ3v) is 2.88. The van der Waals surface area contributed by atoms with Gasteiger partial charge in [0, 0.05) is 18.7 Å². The third kappa shape index (κ3) is 2.93. The molecule has 5 nitrogen and oxygen atoms in total. The molecule has 20 heavy (non-hydrogen) atoms. The quantitative estimate of drug-likeness (QED) is 0.910. The van der Waals surface area contributed by atoms with Crippen molar-refractivity contribution in [3.63, 3.8) is 0 Å². The zero-order valence-corrected chi connectivity index (χ0v) is 11.2. The standard InChI is InChI=1S/C13H15F2N3O2/c1-17(2)7-12-16-10-5-8(14)9(15)6-11(10)18(12)4-3-13(19)20/h5-6H,3-4,7H2,1-2H3,(H,19,20). The molecule has 1 heterocycles. The Labute approximate surface area is 114 Å². The lowest BCUT2D eigenvalue weighted by Crippen LogP contribution is -2.16. The van der Waals surface area contributed by atoms with Crippen molar-refractivity contribution in [2.45, 2.75) is 19.5 Å². The van der Waals surface area contributed by atoms with Gasteiger partial charge in [-0.05, 0) is 14.1 Å². The highest BCUT2D eigenvalue weighted by Gasteiger charge is 2.15. The van der Waals surface area contributed by atoms with Crippen molar-refractivity contribution in [2.75, 3.05) is 14.1 Å². The normalized spacial score (nSPS) is 11.4. The molecule has 1 aromatic carbocycles. The molecule has 2 rings (SSSR count). The molecule has 0 aliphatic rings. The first-order valence-corrected chi connectivity index (χ1v) is 6.09. The minimum atomic E-state index is -0.967. The number of aliphatic carboxylic acids is 1. The van der Waals surface area contributed by atoms with Crippen molar-refractivity contribution < 1.29 is 18.7 Å². The summed E-state index contributed by atoms with van der Waals surface area (Å²) >= 11 is 0. The molecule has 0 spiro atoms. The van der Waals surface area contributed by atoms with Gasteiger partial charge in [0.2, 0.25) is 0 Å². The second-order valence-electron chi connectivity index (χ2n) is 4.82. The number of nitrogens with zero attached hydrogens (tertiary/aromatic N) is 3. The molecule has 0 radical (unpaired) electrons. The van der Waals surface area contributed by atoms with Crippen molar-refractivity contribution in [3.8, 4) is 0 Å². The van der Waals surface area contributed by atoms with Crippen LogP contribution in [0.2, 0.25) is 0 Å². The highest BCUT2D eigenvalue weighted by molar-refractivity contribution is 5.76. The molecule has 2 aromatic rings. The summed E-state index contributed by atoms with van der Waals surface area (Å²) in [5, 5.41) is 8.78. The van der Waals surface area contributed by atoms with Gasteiger partial charge in [0.15, 0.2) is 11.6 Å². The third-order valence-electron chi connectivity index (χ3n) is 2.88. The lowest BCUT2D eigenvalue weighted by Gasteiger charge is -2.12. The summed E-state index contributed by atoms with van der Waals surface area (Å²) in [6.45, 7) is 0.623. The number of benzene rings is 1. The van der Waals surface area contributed by atoms with Gasteiger partial charge in [0.1, 0.15) is 5.82 Å². The van der Waals surface area contributed by atoms with E-state index < -0.39 is 17.6 Å². The largest absolute Gasteiger partial charge is 0.481 e. The van der Waals surface area contributed by atoms with Gasteiger partial charge in [-0.25, -0.2) is 13.8 Å². The maximum absolute atomic E-state index is 13.4. The first-order chi connectivity index (χ1) is 9.38. The fourth-order valence-electron chi connectivity index (χ4n) is 2.03. The zero-order valence-electron chi connectivity index (χ0n) is 11.2. The zero-order chi connectivity index (χ0) is 14.9. The van der Waals surface area contributed by atoms with Crippen LogP contribution in [0, 0.1) is 11.6 Å². The first kappa shape index (κ1) is 14.4. The monoisotopic (exact) mass is 283 g/mol. The van der Waals surface area contributed by atoms with Crippen molar-refractivity contribution in [1.29, 1.82) is 0 Å². The van der Waals surface area contributed by atoms with Crippen LogP contribution in [0.4, 0.5) is 8.78 Å². The van der Waals surface area contributed by atoms with E-state index in [4.69, 9.17) is 5.11 Å². The molecule has 0 amide bonds. The van der Waals surface area contributed by atoms with Crippen LogP contribution in [0.5, 0.6) is 0 Å². The lowest BCUT2D eigenvalue weighted by molar-refractivity contribution is -0.137. The predicted molar refractivity (Wildman–Crippen MR) is 69.3 cm³/mol. The molecule has 0 aliphatic heterocycles. The number of aromatic nitrogens is 2. The fraction of sp³-hybridized carbons (Fsp3) is 0.385. The molecule has 7 heteroatoms. The summed E-state index contributed by atoms with van der Waals surface area (Å²) in [6.07, 6.45) is -0.106. The van der Waals surface area contributed by atoms with Crippen LogP contribution in [-0.4, -0.2) is 39.6 Å². The van der Waals surface area contributed by atoms with Crippen LogP contribution in [0.15, 0.2) is 12.1 Å². The Morgan fingerprint density at radius 2 is 2.00 bits per heavy atom. The number of rotatable bonds is 5. The smallest absolute Gasteiger partial charge is 0.305 e. The molecule has 0 aliphatic carbocycles. The minimum Gasteiger partial charge on any atom is -0.481 e. The van der Waals surface area contributed by atoms with Crippen molar-refractivity contribution in [2.24, 2.45) is 0 Å². The number of fused-ring (bicyclic) bond motifs is 1. The Morgan fingerprint density at radius 3 is 2.60 bits per heavy atom. The van der Waals surface area contributed by atoms with Crippen molar-refractivity contribution >= 4 is 17.0 Å². The Morgan fingerprint density at radius 1 is 1.35 bits per heavy atom. The molecule has 1 N–H and O–H groups in total. The lowest BCUT2D eigenvalue weighted by atomic mass is 10.3. The summed E-state index contributed by atoms with van der Waals surface area (Å²) < 4.78 is 28.2. The Balaban J connectivity index is 2.52. The van der Waals surface area contributed by atoms with Crippen LogP contribution in [0.3, 0.4) is 0 Å². The van der Waals surface area contributed by atoms with E-state index in [1.165, 1.54) is 0 Å². The van der Waals surface area contributed by atoms with Gasteiger partial charge < -0.3 is 14.6 Å². The van der Waals surface area contributed by atoms with E-state index >= 15 is 0 Å². The summed E-state index contributed by atoms with van der Waals surface area (Å²) in [5.74, 6) is -2.30. The number of hydrogen-bond donors (Lipinski definition) is 1. The van der Waals surface area contributed by atoms with Crippen LogP contribution in [0.1, 0.15) is 12.2 Å². The summed E-state index contributed by atoms with van der Waals surface area (Å²) in [6, 6.07) is 2.08. The Hall–Kier alpha value is -2.02. The van der Waals surface area contributed by atoms with E-state index in [0.29, 0.717) is 23.4 Å². The van der Waals surface area contributed by atoms with Gasteiger partial charge in [-0.1, -0.05) is 0 Å². The highest BCUT2D eigenvalue weighted by Crippen LogP contribution is 2.21. The van der Waals surface area contributed by atoms with E-state index in [-0.39, 0.29) is 13.0 Å². The Kier molecular flexibility index (Phi) is 3.99. The molecular formula is C13H15F2N3O2. The first-order valence-electron chi connectivity index (χ1n) is 6.09. The van der Waals surface area contributed by atoms with E-state index in [1.54, 1.807) is 4.57 Å². The average molecular weight is 283 g/mol. The molecule has 108 valence electrons. The van der Waals surface area contributed by atoms with Gasteiger partial charge in [0.25, 0.3) is 0 Å². The van der Waals surface area contributed by atoms with E-state index in [9.17, 15) is 13.6 Å². The molecular weight excluding hydrogens is 268 g/mol. The van der Waals surface area contributed by atoms with Crippen LogP contribution >= 0.6 is 0 Å². The van der Waals surface area contributed by atoms with E-state index in [0.717, 1.165) is 12.1 Å². The number of halogens is 2. The number of imidazole rings is 1. The second-order valence-corrected chi connectivity index (χ2v) is 4.82. The van der Waals surface area contributed by atoms with Gasteiger partial charge in [0.05, 0.1) is 24.0 Å². The predicted octanol–water partition coefficient (Wildman–Crippen LogP) is 1.85. The van der Waals surface area contributed by atoms with Crippen molar-refractivity contribution in [3.05, 3.63) is 29.6 Å². The topological polar surface area (TPSA) is 58.4 Å². The summed E-state index contributed by atoms with van der Waals surface area (Å²) in [7, 11) is 3.67. The van der Waals surface area contributed by atoms with E-state index in [2.05, 4.69) is 4.98 Å². The molecule has 0 unspecified atom stereocenters. The molecule has 0 atom stereocenters. The SMILES string of the molecule is CN(C)Cc1nc2cc(F)c(F)cc2n1CCC(=O)O. The number of carboxylic acids is 1. The minimum absolute atomic E-state index is 0.106. The van der Waals surface area contributed by atoms with E-state index in [1.807, 2.05) is 19.0 Å². The van der Waals surface area contributed by atoms with Crippen molar-refractivity contribution in [1.82, 2.24) is 14.5 Å². The summed E-state index contributed by atoms with van der Waals surface area (Å²) in [5.41, 5.74) is 0.730. The van der Waals surface area contributed by atoms with Gasteiger partial charge in [-0.2, -0.15) is 0 Å². The highest BCUT2D eigenvalue weighted by atomic mass is 19.2. The van der Waals surface area contributed by atoms with Crippen LogP contribution in [0.25, 0.3) is 11.0 Å². The number of carboxylic acid groups (broad SMARTS) is 1. The maximum atomic E-state index is 13.4. The second kappa shape index (κ2) is 5.54. The molecule has 0 fully saturated rings. The van der Waals surface area contributed by atoms with Gasteiger partial charge >= 0.3 is 5.97 Å².